The maximum atomic E-state index is 11.9. The van der Waals surface area contributed by atoms with Crippen molar-refractivity contribution in [2.75, 3.05) is 19.3 Å². The smallest absolute Gasteiger partial charge is 0.211 e. The summed E-state index contributed by atoms with van der Waals surface area (Å²) < 4.78 is 27.4. The lowest BCUT2D eigenvalue weighted by molar-refractivity contribution is 0.220. The molecule has 1 aliphatic carbocycles. The van der Waals surface area contributed by atoms with Crippen molar-refractivity contribution in [1.82, 2.24) is 19.2 Å². The average Bonchev–Trinajstić information content (AvgIpc) is 3.15. The molecule has 4 rings (SSSR count). The molecule has 26 heavy (non-hydrogen) atoms. The Kier molecular flexibility index (Phi) is 4.41. The van der Waals surface area contributed by atoms with Crippen LogP contribution in [0.2, 0.25) is 0 Å². The lowest BCUT2D eigenvalue weighted by Crippen LogP contribution is -2.44. The minimum Gasteiger partial charge on any atom is -0.337 e. The van der Waals surface area contributed by atoms with E-state index in [0.29, 0.717) is 19.1 Å². The third-order valence-corrected chi connectivity index (χ3v) is 7.40. The summed E-state index contributed by atoms with van der Waals surface area (Å²) in [6, 6.07) is 8.95. The Morgan fingerprint density at radius 3 is 2.65 bits per heavy atom. The summed E-state index contributed by atoms with van der Waals surface area (Å²) in [5, 5.41) is 3.70. The van der Waals surface area contributed by atoms with Crippen LogP contribution < -0.4 is 5.32 Å². The van der Waals surface area contributed by atoms with Gasteiger partial charge in [-0.05, 0) is 35.8 Å². The summed E-state index contributed by atoms with van der Waals surface area (Å²) in [6.45, 7) is 2.00. The number of fused-ring (bicyclic) bond motifs is 2. The number of nitrogens with zero attached hydrogens (tertiary/aromatic N) is 3. The van der Waals surface area contributed by atoms with E-state index in [9.17, 15) is 8.42 Å². The number of nitrogens with one attached hydrogen (secondary N) is 1. The van der Waals surface area contributed by atoms with Gasteiger partial charge in [0.05, 0.1) is 18.3 Å². The van der Waals surface area contributed by atoms with Crippen LogP contribution in [0.1, 0.15) is 42.1 Å². The third-order valence-electron chi connectivity index (χ3n) is 6.10. The molecule has 0 amide bonds. The number of hydrogen-bond donors (Lipinski definition) is 1. The molecule has 0 unspecified atom stereocenters. The molecule has 0 bridgehead atoms. The zero-order valence-corrected chi connectivity index (χ0v) is 16.2. The molecule has 1 spiro atoms. The monoisotopic (exact) mass is 374 g/mol. The van der Waals surface area contributed by atoms with Crippen molar-refractivity contribution in [2.45, 2.75) is 37.3 Å². The molecular weight excluding hydrogens is 348 g/mol. The van der Waals surface area contributed by atoms with E-state index < -0.39 is 10.0 Å². The number of aryl methyl sites for hydroxylation is 1. The first-order valence-corrected chi connectivity index (χ1v) is 11.0. The number of hydrogen-bond acceptors (Lipinski definition) is 4. The van der Waals surface area contributed by atoms with Gasteiger partial charge in [-0.3, -0.25) is 0 Å². The van der Waals surface area contributed by atoms with Crippen LogP contribution in [0.3, 0.4) is 0 Å². The Hall–Kier alpha value is -1.70. The van der Waals surface area contributed by atoms with Crippen molar-refractivity contribution >= 4 is 10.0 Å². The second-order valence-corrected chi connectivity index (χ2v) is 9.65. The van der Waals surface area contributed by atoms with Crippen LogP contribution in [0.25, 0.3) is 0 Å². The lowest BCUT2D eigenvalue weighted by atomic mass is 9.74. The first-order chi connectivity index (χ1) is 12.4. The van der Waals surface area contributed by atoms with Crippen molar-refractivity contribution in [3.63, 3.8) is 0 Å². The average molecular weight is 375 g/mol. The quantitative estimate of drug-likeness (QED) is 0.888. The minimum atomic E-state index is -3.10. The maximum Gasteiger partial charge on any atom is 0.211 e. The zero-order chi connectivity index (χ0) is 18.4. The Morgan fingerprint density at radius 2 is 2.00 bits per heavy atom. The van der Waals surface area contributed by atoms with Gasteiger partial charge >= 0.3 is 0 Å². The summed E-state index contributed by atoms with van der Waals surface area (Å²) in [6.07, 6.45) is 7.84. The predicted molar refractivity (Wildman–Crippen MR) is 101 cm³/mol. The molecule has 0 saturated carbocycles. The summed E-state index contributed by atoms with van der Waals surface area (Å²) in [4.78, 5) is 4.19. The molecule has 2 aromatic rings. The highest BCUT2D eigenvalue weighted by molar-refractivity contribution is 7.88. The van der Waals surface area contributed by atoms with Crippen molar-refractivity contribution in [3.05, 3.63) is 53.6 Å². The van der Waals surface area contributed by atoms with Gasteiger partial charge in [-0.1, -0.05) is 24.3 Å². The Labute approximate surface area is 155 Å². The Balaban J connectivity index is 1.54. The Morgan fingerprint density at radius 1 is 1.27 bits per heavy atom. The summed E-state index contributed by atoms with van der Waals surface area (Å²) >= 11 is 0. The molecule has 1 N–H and O–H groups in total. The Bertz CT molecular complexity index is 898. The molecular formula is C19H26N4O2S. The lowest BCUT2D eigenvalue weighted by Gasteiger charge is -2.39. The van der Waals surface area contributed by atoms with Gasteiger partial charge in [-0.25, -0.2) is 17.7 Å². The predicted octanol–water partition coefficient (Wildman–Crippen LogP) is 1.95. The molecule has 2 heterocycles. The fourth-order valence-electron chi connectivity index (χ4n) is 4.58. The van der Waals surface area contributed by atoms with E-state index in [0.717, 1.165) is 31.5 Å². The van der Waals surface area contributed by atoms with Crippen LogP contribution in [0, 0.1) is 0 Å². The van der Waals surface area contributed by atoms with E-state index in [2.05, 4.69) is 34.6 Å². The van der Waals surface area contributed by atoms with Gasteiger partial charge in [0, 0.05) is 38.9 Å². The van der Waals surface area contributed by atoms with E-state index in [1.165, 1.54) is 17.4 Å². The maximum absolute atomic E-state index is 11.9. The molecule has 6 nitrogen and oxygen atoms in total. The third kappa shape index (κ3) is 3.08. The van der Waals surface area contributed by atoms with Gasteiger partial charge in [0.2, 0.25) is 10.0 Å². The summed E-state index contributed by atoms with van der Waals surface area (Å²) in [5.41, 5.74) is 4.01. The van der Waals surface area contributed by atoms with Gasteiger partial charge in [-0.2, -0.15) is 0 Å². The number of benzene rings is 1. The SMILES string of the molecule is Cn1cncc1CN[C@@H]1CC2(CCN(S(C)(=O)=O)CC2)c2ccccc21. The normalized spacial score (nSPS) is 22.6. The van der Waals surface area contributed by atoms with E-state index in [4.69, 9.17) is 0 Å². The van der Waals surface area contributed by atoms with Crippen LogP contribution in [0.5, 0.6) is 0 Å². The minimum absolute atomic E-state index is 0.0852. The number of piperidine rings is 1. The highest BCUT2D eigenvalue weighted by atomic mass is 32.2. The van der Waals surface area contributed by atoms with Crippen LogP contribution >= 0.6 is 0 Å². The highest BCUT2D eigenvalue weighted by Gasteiger charge is 2.46. The summed E-state index contributed by atoms with van der Waals surface area (Å²) in [5.74, 6) is 0. The second-order valence-electron chi connectivity index (χ2n) is 7.66. The molecule has 7 heteroatoms. The first-order valence-electron chi connectivity index (χ1n) is 9.12. The number of rotatable bonds is 4. The molecule has 1 aromatic heterocycles. The number of aromatic nitrogens is 2. The molecule has 140 valence electrons. The number of sulfonamides is 1. The fourth-order valence-corrected chi connectivity index (χ4v) is 5.42. The van der Waals surface area contributed by atoms with Gasteiger partial charge in [0.15, 0.2) is 0 Å². The summed E-state index contributed by atoms with van der Waals surface area (Å²) in [7, 11) is -1.09. The molecule has 2 aliphatic rings. The van der Waals surface area contributed by atoms with Gasteiger partial charge in [0.25, 0.3) is 0 Å². The number of imidazole rings is 1. The first kappa shape index (κ1) is 17.7. The van der Waals surface area contributed by atoms with Crippen LogP contribution in [0.15, 0.2) is 36.8 Å². The molecule has 1 aliphatic heterocycles. The van der Waals surface area contributed by atoms with Crippen LogP contribution in [0.4, 0.5) is 0 Å². The van der Waals surface area contributed by atoms with Crippen molar-refractivity contribution in [3.8, 4) is 0 Å². The highest BCUT2D eigenvalue weighted by Crippen LogP contribution is 2.50. The van der Waals surface area contributed by atoms with Gasteiger partial charge in [-0.15, -0.1) is 0 Å². The fraction of sp³-hybridized carbons (Fsp3) is 0.526. The van der Waals surface area contributed by atoms with Gasteiger partial charge < -0.3 is 9.88 Å². The van der Waals surface area contributed by atoms with Gasteiger partial charge in [0.1, 0.15) is 0 Å². The molecule has 1 fully saturated rings. The zero-order valence-electron chi connectivity index (χ0n) is 15.4. The van der Waals surface area contributed by atoms with E-state index in [1.54, 1.807) is 4.31 Å². The van der Waals surface area contributed by atoms with Crippen molar-refractivity contribution in [1.29, 1.82) is 0 Å². The van der Waals surface area contributed by atoms with Crippen LogP contribution in [-0.2, 0) is 29.0 Å². The molecule has 0 radical (unpaired) electrons. The molecule has 1 aromatic carbocycles. The van der Waals surface area contributed by atoms with Crippen molar-refractivity contribution < 1.29 is 8.42 Å². The second kappa shape index (κ2) is 6.48. The topological polar surface area (TPSA) is 67.2 Å². The van der Waals surface area contributed by atoms with Crippen LogP contribution in [-0.4, -0.2) is 41.6 Å². The van der Waals surface area contributed by atoms with E-state index in [1.807, 2.05) is 24.1 Å². The van der Waals surface area contributed by atoms with Crippen molar-refractivity contribution in [2.24, 2.45) is 7.05 Å². The standard InChI is InChI=1S/C19H26N4O2S/c1-22-14-20-12-15(22)13-21-18-11-19(17-6-4-3-5-16(17)18)7-9-23(10-8-19)26(2,24)25/h3-6,12,14,18,21H,7-11,13H2,1-2H3/t18-/m1/s1. The largest absolute Gasteiger partial charge is 0.337 e. The van der Waals surface area contributed by atoms with E-state index >= 15 is 0 Å². The molecule has 1 saturated heterocycles. The van der Waals surface area contributed by atoms with E-state index in [-0.39, 0.29) is 5.41 Å². The molecule has 1 atom stereocenters.